The number of carbonyl (C=O) groups excluding carboxylic acids is 1. The van der Waals surface area contributed by atoms with E-state index in [2.05, 4.69) is 15.5 Å². The number of furan rings is 1. The van der Waals surface area contributed by atoms with Crippen LogP contribution >= 0.6 is 0 Å². The Bertz CT molecular complexity index is 736. The summed E-state index contributed by atoms with van der Waals surface area (Å²) in [5.74, 6) is -0.443. The SMILES string of the molecule is O=C(NN=Cc1ccc(S(=O)(=O)[O-])o1)c1ccncc1. The van der Waals surface area contributed by atoms with Crippen LogP contribution in [0, 0.1) is 0 Å². The van der Waals surface area contributed by atoms with Gasteiger partial charge in [-0.25, -0.2) is 13.8 Å². The zero-order chi connectivity index (χ0) is 14.6. The highest BCUT2D eigenvalue weighted by atomic mass is 32.2. The van der Waals surface area contributed by atoms with E-state index >= 15 is 0 Å². The van der Waals surface area contributed by atoms with E-state index in [0.29, 0.717) is 5.56 Å². The molecule has 0 fully saturated rings. The van der Waals surface area contributed by atoms with Gasteiger partial charge in [0.05, 0.1) is 6.21 Å². The molecule has 0 aliphatic heterocycles. The maximum absolute atomic E-state index is 11.6. The second-order valence-corrected chi connectivity index (χ2v) is 4.86. The fraction of sp³-hybridized carbons (Fsp3) is 0. The van der Waals surface area contributed by atoms with E-state index in [-0.39, 0.29) is 5.76 Å². The standard InChI is InChI=1S/C11H9N3O5S/c15-11(8-3-5-12-6-4-8)14-13-7-9-1-2-10(19-9)20(16,17)18/h1-7H,(H,14,15)(H,16,17,18)/p-1. The fourth-order valence-electron chi connectivity index (χ4n) is 1.26. The number of hydrogen-bond acceptors (Lipinski definition) is 7. The first-order chi connectivity index (χ1) is 9.47. The molecular weight excluding hydrogens is 286 g/mol. The van der Waals surface area contributed by atoms with Gasteiger partial charge in [0, 0.05) is 18.0 Å². The summed E-state index contributed by atoms with van der Waals surface area (Å²) in [5, 5.41) is 2.87. The van der Waals surface area contributed by atoms with Crippen molar-refractivity contribution in [2.24, 2.45) is 5.10 Å². The number of hydrogen-bond donors (Lipinski definition) is 1. The molecule has 9 heteroatoms. The van der Waals surface area contributed by atoms with Gasteiger partial charge in [0.15, 0.2) is 10.1 Å². The summed E-state index contributed by atoms with van der Waals surface area (Å²) < 4.78 is 36.7. The summed E-state index contributed by atoms with van der Waals surface area (Å²) >= 11 is 0. The maximum Gasteiger partial charge on any atom is 0.271 e. The normalized spacial score (nSPS) is 11.7. The van der Waals surface area contributed by atoms with Gasteiger partial charge in [-0.15, -0.1) is 0 Å². The minimum Gasteiger partial charge on any atom is -0.742 e. The second-order valence-electron chi connectivity index (χ2n) is 3.55. The van der Waals surface area contributed by atoms with Crippen molar-refractivity contribution in [1.29, 1.82) is 0 Å². The van der Waals surface area contributed by atoms with Crippen molar-refractivity contribution in [3.63, 3.8) is 0 Å². The van der Waals surface area contributed by atoms with Crippen molar-refractivity contribution < 1.29 is 22.2 Å². The van der Waals surface area contributed by atoms with Gasteiger partial charge in [-0.2, -0.15) is 5.10 Å². The number of nitrogens with zero attached hydrogens (tertiary/aromatic N) is 2. The van der Waals surface area contributed by atoms with Crippen LogP contribution in [0.5, 0.6) is 0 Å². The fourth-order valence-corrected chi connectivity index (χ4v) is 1.69. The molecule has 0 bridgehead atoms. The molecule has 2 heterocycles. The third kappa shape index (κ3) is 3.49. The van der Waals surface area contributed by atoms with Crippen LogP contribution in [0.2, 0.25) is 0 Å². The first-order valence-electron chi connectivity index (χ1n) is 5.26. The van der Waals surface area contributed by atoms with E-state index in [1.165, 1.54) is 30.6 Å². The van der Waals surface area contributed by atoms with Gasteiger partial charge in [0.2, 0.25) is 5.09 Å². The number of amides is 1. The third-order valence-electron chi connectivity index (χ3n) is 2.15. The summed E-state index contributed by atoms with van der Waals surface area (Å²) in [6, 6.07) is 5.25. The lowest BCUT2D eigenvalue weighted by Crippen LogP contribution is -2.17. The van der Waals surface area contributed by atoms with Gasteiger partial charge >= 0.3 is 0 Å². The highest BCUT2D eigenvalue weighted by molar-refractivity contribution is 7.85. The molecular formula is C11H8N3O5S-. The van der Waals surface area contributed by atoms with Gasteiger partial charge < -0.3 is 8.97 Å². The van der Waals surface area contributed by atoms with E-state index in [9.17, 15) is 17.8 Å². The van der Waals surface area contributed by atoms with E-state index in [1.54, 1.807) is 0 Å². The summed E-state index contributed by atoms with van der Waals surface area (Å²) in [7, 11) is -4.64. The average molecular weight is 294 g/mol. The molecule has 0 aliphatic carbocycles. The van der Waals surface area contributed by atoms with Crippen LogP contribution in [0.15, 0.2) is 51.3 Å². The first kappa shape index (κ1) is 13.9. The number of rotatable bonds is 4. The molecule has 104 valence electrons. The Labute approximate surface area is 113 Å². The topological polar surface area (TPSA) is 125 Å². The molecule has 0 aliphatic rings. The molecule has 0 radical (unpaired) electrons. The average Bonchev–Trinajstić information content (AvgIpc) is 2.88. The van der Waals surface area contributed by atoms with Crippen LogP contribution in [-0.4, -0.2) is 30.1 Å². The molecule has 1 amide bonds. The molecule has 2 rings (SSSR count). The summed E-state index contributed by atoms with van der Waals surface area (Å²) in [5.41, 5.74) is 2.57. The summed E-state index contributed by atoms with van der Waals surface area (Å²) in [6.07, 6.45) is 3.99. The van der Waals surface area contributed by atoms with Crippen molar-refractivity contribution in [1.82, 2.24) is 10.4 Å². The molecule has 1 N–H and O–H groups in total. The Morgan fingerprint density at radius 3 is 2.60 bits per heavy atom. The molecule has 2 aromatic rings. The van der Waals surface area contributed by atoms with Crippen LogP contribution in [0.3, 0.4) is 0 Å². The Morgan fingerprint density at radius 1 is 1.30 bits per heavy atom. The first-order valence-corrected chi connectivity index (χ1v) is 6.67. The van der Waals surface area contributed by atoms with Gasteiger partial charge in [0.25, 0.3) is 5.91 Å². The Balaban J connectivity index is 2.01. The van der Waals surface area contributed by atoms with Gasteiger partial charge in [-0.05, 0) is 24.3 Å². The zero-order valence-corrected chi connectivity index (χ0v) is 10.7. The largest absolute Gasteiger partial charge is 0.742 e. The monoisotopic (exact) mass is 294 g/mol. The van der Waals surface area contributed by atoms with Gasteiger partial charge in [0.1, 0.15) is 5.76 Å². The van der Waals surface area contributed by atoms with E-state index in [1.807, 2.05) is 0 Å². The Hall–Kier alpha value is -2.52. The number of nitrogens with one attached hydrogen (secondary N) is 1. The Kier molecular flexibility index (Phi) is 3.91. The molecule has 0 saturated heterocycles. The third-order valence-corrected chi connectivity index (χ3v) is 2.86. The predicted molar refractivity (Wildman–Crippen MR) is 66.0 cm³/mol. The van der Waals surface area contributed by atoms with Crippen molar-refractivity contribution in [3.05, 3.63) is 48.0 Å². The molecule has 0 saturated carbocycles. The minimum atomic E-state index is -4.64. The lowest BCUT2D eigenvalue weighted by Gasteiger charge is -2.00. The maximum atomic E-state index is 11.6. The van der Waals surface area contributed by atoms with E-state index in [0.717, 1.165) is 12.3 Å². The minimum absolute atomic E-state index is 0.0226. The molecule has 2 aromatic heterocycles. The summed E-state index contributed by atoms with van der Waals surface area (Å²) in [4.78, 5) is 15.3. The van der Waals surface area contributed by atoms with Gasteiger partial charge in [-0.3, -0.25) is 9.78 Å². The molecule has 0 atom stereocenters. The van der Waals surface area contributed by atoms with E-state index in [4.69, 9.17) is 4.42 Å². The van der Waals surface area contributed by atoms with Crippen molar-refractivity contribution >= 4 is 22.2 Å². The van der Waals surface area contributed by atoms with Crippen LogP contribution in [0.1, 0.15) is 16.1 Å². The summed E-state index contributed by atoms with van der Waals surface area (Å²) in [6.45, 7) is 0. The second kappa shape index (κ2) is 5.63. The molecule has 20 heavy (non-hydrogen) atoms. The van der Waals surface area contributed by atoms with Crippen molar-refractivity contribution in [2.75, 3.05) is 0 Å². The predicted octanol–water partition coefficient (Wildman–Crippen LogP) is 0.343. The molecule has 0 aromatic carbocycles. The van der Waals surface area contributed by atoms with Crippen LogP contribution in [-0.2, 0) is 10.1 Å². The van der Waals surface area contributed by atoms with Crippen LogP contribution < -0.4 is 5.43 Å². The van der Waals surface area contributed by atoms with E-state index < -0.39 is 21.1 Å². The highest BCUT2D eigenvalue weighted by Gasteiger charge is 2.07. The lowest BCUT2D eigenvalue weighted by molar-refractivity contribution is 0.0955. The molecule has 0 spiro atoms. The number of pyridine rings is 1. The quantitative estimate of drug-likeness (QED) is 0.492. The van der Waals surface area contributed by atoms with Crippen molar-refractivity contribution in [3.8, 4) is 0 Å². The number of aromatic nitrogens is 1. The zero-order valence-electron chi connectivity index (χ0n) is 9.89. The van der Waals surface area contributed by atoms with Crippen LogP contribution in [0.25, 0.3) is 0 Å². The molecule has 8 nitrogen and oxygen atoms in total. The van der Waals surface area contributed by atoms with Crippen LogP contribution in [0.4, 0.5) is 0 Å². The smallest absolute Gasteiger partial charge is 0.271 e. The number of hydrazone groups is 1. The Morgan fingerprint density at radius 2 is 2.00 bits per heavy atom. The highest BCUT2D eigenvalue weighted by Crippen LogP contribution is 2.11. The van der Waals surface area contributed by atoms with Gasteiger partial charge in [-0.1, -0.05) is 0 Å². The van der Waals surface area contributed by atoms with Crippen molar-refractivity contribution in [2.45, 2.75) is 5.09 Å². The lowest BCUT2D eigenvalue weighted by atomic mass is 10.3. The molecule has 0 unspecified atom stereocenters. The number of carbonyl (C=O) groups is 1.